The fourth-order valence-electron chi connectivity index (χ4n) is 3.15. The number of carbonyl (C=O) groups excluding carboxylic acids is 1. The van der Waals surface area contributed by atoms with E-state index in [-0.39, 0.29) is 11.0 Å². The number of hydrogen-bond acceptors (Lipinski definition) is 4. The van der Waals surface area contributed by atoms with Crippen LogP contribution in [0.4, 0.5) is 5.69 Å². The molecule has 0 aliphatic heterocycles. The van der Waals surface area contributed by atoms with E-state index in [1.54, 1.807) is 0 Å². The van der Waals surface area contributed by atoms with Gasteiger partial charge in [0.15, 0.2) is 5.11 Å². The van der Waals surface area contributed by atoms with Gasteiger partial charge >= 0.3 is 0 Å². The molecule has 1 amide bonds. The molecule has 0 spiro atoms. The standard InChI is InChI=1S/C27H38N2O3S/c1-19(2)14-17-31-23-12-10-22(11-13-23)28-26(33)29-25(30)27(5,6)15-7-16-32-24-18-20(3)8-9-21(24)4/h8-13,18-19H,7,14-17H2,1-6H3,(H2,28,29,30,33). The summed E-state index contributed by atoms with van der Waals surface area (Å²) in [5.74, 6) is 2.22. The highest BCUT2D eigenvalue weighted by molar-refractivity contribution is 7.80. The number of ether oxygens (including phenoxy) is 2. The van der Waals surface area contributed by atoms with Gasteiger partial charge in [-0.15, -0.1) is 0 Å². The number of aryl methyl sites for hydroxylation is 2. The maximum Gasteiger partial charge on any atom is 0.231 e. The van der Waals surface area contributed by atoms with Crippen LogP contribution in [-0.4, -0.2) is 24.2 Å². The lowest BCUT2D eigenvalue weighted by atomic mass is 9.87. The largest absolute Gasteiger partial charge is 0.494 e. The highest BCUT2D eigenvalue weighted by Gasteiger charge is 2.27. The van der Waals surface area contributed by atoms with E-state index in [1.165, 1.54) is 5.56 Å². The number of thiocarbonyl (C=S) groups is 1. The Morgan fingerprint density at radius 3 is 2.39 bits per heavy atom. The van der Waals surface area contributed by atoms with Crippen molar-refractivity contribution >= 4 is 28.9 Å². The zero-order valence-electron chi connectivity index (χ0n) is 20.8. The first-order valence-corrected chi connectivity index (χ1v) is 12.0. The number of benzene rings is 2. The topological polar surface area (TPSA) is 59.6 Å². The van der Waals surface area contributed by atoms with E-state index in [4.69, 9.17) is 21.7 Å². The van der Waals surface area contributed by atoms with Gasteiger partial charge in [0.2, 0.25) is 5.91 Å². The molecule has 0 saturated carbocycles. The van der Waals surface area contributed by atoms with Crippen LogP contribution in [0.15, 0.2) is 42.5 Å². The Labute approximate surface area is 204 Å². The van der Waals surface area contributed by atoms with Gasteiger partial charge in [0.25, 0.3) is 0 Å². The molecule has 0 bridgehead atoms. The van der Waals surface area contributed by atoms with Crippen LogP contribution in [0.5, 0.6) is 11.5 Å². The highest BCUT2D eigenvalue weighted by Crippen LogP contribution is 2.24. The number of rotatable bonds is 11. The molecule has 0 unspecified atom stereocenters. The van der Waals surface area contributed by atoms with E-state index < -0.39 is 5.41 Å². The monoisotopic (exact) mass is 470 g/mol. The lowest BCUT2D eigenvalue weighted by Crippen LogP contribution is -2.42. The van der Waals surface area contributed by atoms with Crippen molar-refractivity contribution in [2.45, 2.75) is 60.8 Å². The van der Waals surface area contributed by atoms with E-state index in [1.807, 2.05) is 58.0 Å². The number of carbonyl (C=O) groups is 1. The molecule has 0 aliphatic carbocycles. The van der Waals surface area contributed by atoms with Crippen LogP contribution in [-0.2, 0) is 4.79 Å². The highest BCUT2D eigenvalue weighted by atomic mass is 32.1. The quantitative estimate of drug-likeness (QED) is 0.293. The molecule has 180 valence electrons. The average molecular weight is 471 g/mol. The predicted molar refractivity (Wildman–Crippen MR) is 140 cm³/mol. The number of nitrogens with one attached hydrogen (secondary N) is 2. The van der Waals surface area contributed by atoms with Crippen LogP contribution in [0.25, 0.3) is 0 Å². The Kier molecular flexibility index (Phi) is 10.2. The average Bonchev–Trinajstić information content (AvgIpc) is 2.74. The Morgan fingerprint density at radius 2 is 1.73 bits per heavy atom. The summed E-state index contributed by atoms with van der Waals surface area (Å²) in [6.07, 6.45) is 2.48. The molecule has 2 N–H and O–H groups in total. The van der Waals surface area contributed by atoms with Crippen molar-refractivity contribution in [1.82, 2.24) is 5.32 Å². The molecule has 5 nitrogen and oxygen atoms in total. The van der Waals surface area contributed by atoms with Gasteiger partial charge in [0.1, 0.15) is 11.5 Å². The molecule has 2 aromatic rings. The summed E-state index contributed by atoms with van der Waals surface area (Å²) in [7, 11) is 0. The first-order chi connectivity index (χ1) is 15.6. The molecular formula is C27H38N2O3S. The summed E-state index contributed by atoms with van der Waals surface area (Å²) < 4.78 is 11.7. The summed E-state index contributed by atoms with van der Waals surface area (Å²) in [5, 5.41) is 6.17. The van der Waals surface area contributed by atoms with Crippen molar-refractivity contribution in [3.05, 3.63) is 53.6 Å². The lowest BCUT2D eigenvalue weighted by molar-refractivity contribution is -0.128. The molecule has 33 heavy (non-hydrogen) atoms. The molecular weight excluding hydrogens is 432 g/mol. The van der Waals surface area contributed by atoms with Crippen molar-refractivity contribution in [1.29, 1.82) is 0 Å². The Bertz CT molecular complexity index is 923. The van der Waals surface area contributed by atoms with Crippen LogP contribution >= 0.6 is 12.2 Å². The first kappa shape index (κ1) is 26.7. The Morgan fingerprint density at radius 1 is 1.03 bits per heavy atom. The Balaban J connectivity index is 1.75. The molecule has 0 heterocycles. The van der Waals surface area contributed by atoms with Crippen LogP contribution in [0, 0.1) is 25.2 Å². The zero-order valence-corrected chi connectivity index (χ0v) is 21.6. The normalized spacial score (nSPS) is 11.2. The SMILES string of the molecule is Cc1ccc(C)c(OCCCC(C)(C)C(=O)NC(=S)Nc2ccc(OCCC(C)C)cc2)c1. The van der Waals surface area contributed by atoms with Gasteiger partial charge in [0, 0.05) is 11.1 Å². The van der Waals surface area contributed by atoms with Crippen molar-refractivity contribution < 1.29 is 14.3 Å². The molecule has 0 atom stereocenters. The molecule has 0 radical (unpaired) electrons. The van der Waals surface area contributed by atoms with Gasteiger partial charge in [-0.05, 0) is 92.7 Å². The minimum Gasteiger partial charge on any atom is -0.494 e. The lowest BCUT2D eigenvalue weighted by Gasteiger charge is -2.24. The molecule has 6 heteroatoms. The fraction of sp³-hybridized carbons (Fsp3) is 0.481. The third kappa shape index (κ3) is 9.42. The molecule has 0 fully saturated rings. The molecule has 0 saturated heterocycles. The van der Waals surface area contributed by atoms with E-state index in [2.05, 4.69) is 36.6 Å². The van der Waals surface area contributed by atoms with Crippen molar-refractivity contribution in [2.75, 3.05) is 18.5 Å². The van der Waals surface area contributed by atoms with Crippen molar-refractivity contribution in [3.8, 4) is 11.5 Å². The number of hydrogen-bond donors (Lipinski definition) is 2. The fourth-order valence-corrected chi connectivity index (χ4v) is 3.36. The van der Waals surface area contributed by atoms with Crippen LogP contribution in [0.1, 0.15) is 58.1 Å². The molecule has 2 rings (SSSR count). The van der Waals surface area contributed by atoms with Crippen molar-refractivity contribution in [2.24, 2.45) is 11.3 Å². The summed E-state index contributed by atoms with van der Waals surface area (Å²) in [6, 6.07) is 13.7. The summed E-state index contributed by atoms with van der Waals surface area (Å²) >= 11 is 5.34. The van der Waals surface area contributed by atoms with Gasteiger partial charge in [-0.3, -0.25) is 4.79 Å². The smallest absolute Gasteiger partial charge is 0.231 e. The van der Waals surface area contributed by atoms with Gasteiger partial charge in [-0.2, -0.15) is 0 Å². The minimum atomic E-state index is -0.565. The maximum absolute atomic E-state index is 12.8. The van der Waals surface area contributed by atoms with Gasteiger partial charge < -0.3 is 20.1 Å². The van der Waals surface area contributed by atoms with Gasteiger partial charge in [-0.25, -0.2) is 0 Å². The van der Waals surface area contributed by atoms with Gasteiger partial charge in [-0.1, -0.05) is 39.8 Å². The number of amides is 1. The zero-order chi connectivity index (χ0) is 24.4. The minimum absolute atomic E-state index is 0.111. The second kappa shape index (κ2) is 12.6. The summed E-state index contributed by atoms with van der Waals surface area (Å²) in [5.41, 5.74) is 2.52. The van der Waals surface area contributed by atoms with Crippen LogP contribution in [0.2, 0.25) is 0 Å². The van der Waals surface area contributed by atoms with Crippen LogP contribution in [0.3, 0.4) is 0 Å². The summed E-state index contributed by atoms with van der Waals surface area (Å²) in [4.78, 5) is 12.8. The van der Waals surface area contributed by atoms with E-state index in [0.29, 0.717) is 25.6 Å². The van der Waals surface area contributed by atoms with Crippen LogP contribution < -0.4 is 20.1 Å². The maximum atomic E-state index is 12.8. The molecule has 0 aliphatic rings. The van der Waals surface area contributed by atoms with E-state index >= 15 is 0 Å². The Hall–Kier alpha value is -2.60. The third-order valence-corrected chi connectivity index (χ3v) is 5.67. The predicted octanol–water partition coefficient (Wildman–Crippen LogP) is 6.43. The third-order valence-electron chi connectivity index (χ3n) is 5.47. The van der Waals surface area contributed by atoms with E-state index in [0.717, 1.165) is 35.6 Å². The second-order valence-corrected chi connectivity index (χ2v) is 9.98. The summed E-state index contributed by atoms with van der Waals surface area (Å²) in [6.45, 7) is 13.5. The molecule has 0 aromatic heterocycles. The second-order valence-electron chi connectivity index (χ2n) is 9.57. The van der Waals surface area contributed by atoms with Crippen molar-refractivity contribution in [3.63, 3.8) is 0 Å². The van der Waals surface area contributed by atoms with Gasteiger partial charge in [0.05, 0.1) is 13.2 Å². The number of anilines is 1. The first-order valence-electron chi connectivity index (χ1n) is 11.6. The molecule has 2 aromatic carbocycles. The van der Waals surface area contributed by atoms with E-state index in [9.17, 15) is 4.79 Å².